The van der Waals surface area contributed by atoms with Gasteiger partial charge in [-0.05, 0) is 123 Å². The maximum Gasteiger partial charge on any atom is 0.170 e. The molecular formula is C44H76N2O6. The molecule has 0 amide bonds. The summed E-state index contributed by atoms with van der Waals surface area (Å²) in [6, 6.07) is 0.626. The number of likely N-dealkylation sites (tertiary alicyclic amines) is 1. The van der Waals surface area contributed by atoms with Gasteiger partial charge in [0, 0.05) is 50.8 Å². The summed E-state index contributed by atoms with van der Waals surface area (Å²) in [5, 5.41) is 23.8. The largest absolute Gasteiger partial charge is 0.390 e. The van der Waals surface area contributed by atoms with Crippen LogP contribution in [0.3, 0.4) is 0 Å². The fourth-order valence-corrected chi connectivity index (χ4v) is 15.5. The van der Waals surface area contributed by atoms with Crippen molar-refractivity contribution >= 4 is 0 Å². The molecule has 0 aromatic carbocycles. The number of aliphatic hydroxyl groups is 2. The fraction of sp³-hybridized carbons (Fsp3) is 1.00. The van der Waals surface area contributed by atoms with Crippen molar-refractivity contribution in [3.05, 3.63) is 0 Å². The first-order valence-electron chi connectivity index (χ1n) is 21.6. The first kappa shape index (κ1) is 38.5. The Balaban J connectivity index is 0.967. The molecule has 5 aliphatic carbocycles. The summed E-state index contributed by atoms with van der Waals surface area (Å²) >= 11 is 0. The van der Waals surface area contributed by atoms with E-state index in [4.69, 9.17) is 18.9 Å². The number of hydrogen-bond acceptors (Lipinski definition) is 8. The van der Waals surface area contributed by atoms with Crippen LogP contribution in [0, 0.1) is 56.2 Å². The second kappa shape index (κ2) is 12.6. The molecule has 5 saturated carbocycles. The number of aliphatic hydroxyl groups excluding tert-OH is 1. The summed E-state index contributed by atoms with van der Waals surface area (Å²) in [5.74, 6) is 1.85. The Morgan fingerprint density at radius 1 is 0.923 bits per heavy atom. The summed E-state index contributed by atoms with van der Waals surface area (Å²) in [4.78, 5) is 5.25. The lowest BCUT2D eigenvalue weighted by Crippen LogP contribution is -2.64. The lowest BCUT2D eigenvalue weighted by Gasteiger charge is -2.64. The van der Waals surface area contributed by atoms with Crippen LogP contribution >= 0.6 is 0 Å². The molecule has 8 heteroatoms. The third kappa shape index (κ3) is 5.55. The van der Waals surface area contributed by atoms with Crippen LogP contribution in [0.15, 0.2) is 0 Å². The zero-order valence-corrected chi connectivity index (χ0v) is 34.9. The molecule has 8 nitrogen and oxygen atoms in total. The number of morpholine rings is 1. The van der Waals surface area contributed by atoms with E-state index in [2.05, 4.69) is 65.2 Å². The summed E-state index contributed by atoms with van der Waals surface area (Å²) in [6.45, 7) is 31.8. The van der Waals surface area contributed by atoms with Crippen LogP contribution in [0.25, 0.3) is 0 Å². The number of fused-ring (bicyclic) bond motifs is 4. The highest BCUT2D eigenvalue weighted by Crippen LogP contribution is 2.89. The predicted molar refractivity (Wildman–Crippen MR) is 204 cm³/mol. The van der Waals surface area contributed by atoms with Gasteiger partial charge in [0.15, 0.2) is 6.29 Å². The molecule has 14 atom stereocenters. The highest BCUT2D eigenvalue weighted by molar-refractivity contribution is 5.33. The van der Waals surface area contributed by atoms with E-state index in [1.165, 1.54) is 58.2 Å². The van der Waals surface area contributed by atoms with E-state index in [-0.39, 0.29) is 40.8 Å². The Labute approximate surface area is 316 Å². The first-order valence-corrected chi connectivity index (χ1v) is 21.6. The highest BCUT2D eigenvalue weighted by Gasteiger charge is 2.84. The maximum absolute atomic E-state index is 12.7. The van der Waals surface area contributed by atoms with E-state index in [0.717, 1.165) is 32.5 Å². The lowest BCUT2D eigenvalue weighted by molar-refractivity contribution is -0.253. The quantitative estimate of drug-likeness (QED) is 0.284. The van der Waals surface area contributed by atoms with Crippen LogP contribution in [0.5, 0.6) is 0 Å². The van der Waals surface area contributed by atoms with E-state index in [1.807, 2.05) is 20.8 Å². The molecule has 3 aliphatic heterocycles. The summed E-state index contributed by atoms with van der Waals surface area (Å²) in [7, 11) is 0. The van der Waals surface area contributed by atoms with Gasteiger partial charge in [0.05, 0.1) is 36.6 Å². The van der Waals surface area contributed by atoms with Crippen LogP contribution < -0.4 is 0 Å². The standard InChI is InChI=1S/C44H76N2O6/c1-12-49-37(40(8,9)48)29-21-27(2)34-35(51-29)36(47)42(11)31-14-13-30-39(6,7)32(15-16-43(30)25-44(31,43)18-17-41(34,42)10)52-33-24-46(19-20-50-33)28-22-45(23-28)26-38(3,4)5/h27-37,47-48H,12-26H2,1-11H3. The Kier molecular flexibility index (Phi) is 9.33. The highest BCUT2D eigenvalue weighted by atomic mass is 16.7. The van der Waals surface area contributed by atoms with Crippen LogP contribution in [-0.2, 0) is 18.9 Å². The molecular weight excluding hydrogens is 652 g/mol. The van der Waals surface area contributed by atoms with Gasteiger partial charge in [-0.1, -0.05) is 55.4 Å². The van der Waals surface area contributed by atoms with Crippen LogP contribution in [0.4, 0.5) is 0 Å². The number of nitrogens with zero attached hydrogens (tertiary/aromatic N) is 2. The minimum Gasteiger partial charge on any atom is -0.390 e. The minimum absolute atomic E-state index is 0.0219. The predicted octanol–water partition coefficient (Wildman–Crippen LogP) is 6.75. The molecule has 52 heavy (non-hydrogen) atoms. The van der Waals surface area contributed by atoms with Gasteiger partial charge < -0.3 is 29.2 Å². The van der Waals surface area contributed by atoms with Crippen molar-refractivity contribution in [1.82, 2.24) is 9.80 Å². The molecule has 0 aromatic heterocycles. The van der Waals surface area contributed by atoms with E-state index in [1.54, 1.807) is 0 Å². The molecule has 0 radical (unpaired) electrons. The molecule has 0 bridgehead atoms. The summed E-state index contributed by atoms with van der Waals surface area (Å²) < 4.78 is 26.5. The topological polar surface area (TPSA) is 83.9 Å². The van der Waals surface area contributed by atoms with Crippen LogP contribution in [0.1, 0.15) is 128 Å². The average molecular weight is 729 g/mol. The van der Waals surface area contributed by atoms with Crippen molar-refractivity contribution in [1.29, 1.82) is 0 Å². The Morgan fingerprint density at radius 3 is 2.29 bits per heavy atom. The van der Waals surface area contributed by atoms with Crippen molar-refractivity contribution in [2.75, 3.05) is 45.9 Å². The lowest BCUT2D eigenvalue weighted by atomic mass is 9.41. The van der Waals surface area contributed by atoms with E-state index in [9.17, 15) is 10.2 Å². The SMILES string of the molecule is CCOC(C1CC(C)C2C(O1)C(O)C1(C)C3CCC4C(C)(C)C(OC5CN(C6CN(CC(C)(C)C)C6)CCO5)CCC45CC35CCC21C)C(C)(C)O. The van der Waals surface area contributed by atoms with Crippen molar-refractivity contribution in [3.8, 4) is 0 Å². The Morgan fingerprint density at radius 2 is 1.62 bits per heavy atom. The smallest absolute Gasteiger partial charge is 0.170 e. The van der Waals surface area contributed by atoms with E-state index in [0.29, 0.717) is 52.6 Å². The molecule has 8 aliphatic rings. The molecule has 0 aromatic rings. The van der Waals surface area contributed by atoms with Gasteiger partial charge in [0.1, 0.15) is 6.10 Å². The van der Waals surface area contributed by atoms with E-state index < -0.39 is 17.8 Å². The Bertz CT molecular complexity index is 1340. The van der Waals surface area contributed by atoms with Gasteiger partial charge in [-0.25, -0.2) is 0 Å². The van der Waals surface area contributed by atoms with Crippen molar-refractivity contribution in [2.24, 2.45) is 56.2 Å². The van der Waals surface area contributed by atoms with Crippen LogP contribution in [0.2, 0.25) is 0 Å². The fourth-order valence-electron chi connectivity index (χ4n) is 15.5. The normalized spacial score (nSPS) is 49.9. The van der Waals surface area contributed by atoms with Gasteiger partial charge in [0.25, 0.3) is 0 Å². The second-order valence-corrected chi connectivity index (χ2v) is 22.4. The van der Waals surface area contributed by atoms with Gasteiger partial charge in [-0.3, -0.25) is 9.80 Å². The monoisotopic (exact) mass is 729 g/mol. The van der Waals surface area contributed by atoms with E-state index >= 15 is 0 Å². The molecule has 2 spiro atoms. The average Bonchev–Trinajstić information content (AvgIpc) is 3.66. The Hall–Kier alpha value is -0.320. The van der Waals surface area contributed by atoms with Gasteiger partial charge in [-0.15, -0.1) is 0 Å². The summed E-state index contributed by atoms with van der Waals surface area (Å²) in [5.41, 5.74) is -0.0945. The van der Waals surface area contributed by atoms with Crippen LogP contribution in [-0.4, -0.2) is 114 Å². The van der Waals surface area contributed by atoms with Gasteiger partial charge in [-0.2, -0.15) is 0 Å². The van der Waals surface area contributed by atoms with Crippen molar-refractivity contribution in [3.63, 3.8) is 0 Å². The third-order valence-corrected chi connectivity index (χ3v) is 17.7. The molecule has 8 rings (SSSR count). The number of hydrogen-bond donors (Lipinski definition) is 2. The third-order valence-electron chi connectivity index (χ3n) is 17.7. The first-order chi connectivity index (χ1) is 24.2. The van der Waals surface area contributed by atoms with Gasteiger partial charge in [0.2, 0.25) is 0 Å². The molecule has 3 heterocycles. The van der Waals surface area contributed by atoms with Crippen molar-refractivity contribution in [2.45, 2.75) is 176 Å². The zero-order chi connectivity index (χ0) is 37.4. The molecule has 2 N–H and O–H groups in total. The number of ether oxygens (including phenoxy) is 4. The number of rotatable bonds is 8. The summed E-state index contributed by atoms with van der Waals surface area (Å²) in [6.07, 6.45) is 8.14. The van der Waals surface area contributed by atoms with Gasteiger partial charge >= 0.3 is 0 Å². The molecule has 14 unspecified atom stereocenters. The molecule has 298 valence electrons. The maximum atomic E-state index is 12.7. The molecule has 8 fully saturated rings. The molecule has 3 saturated heterocycles. The zero-order valence-electron chi connectivity index (χ0n) is 34.9. The second-order valence-electron chi connectivity index (χ2n) is 22.4. The van der Waals surface area contributed by atoms with Crippen molar-refractivity contribution < 1.29 is 29.2 Å². The minimum atomic E-state index is -1.01.